The van der Waals surface area contributed by atoms with Crippen LogP contribution in [0.3, 0.4) is 0 Å². The Kier molecular flexibility index (Phi) is 7.02. The topological polar surface area (TPSA) is 41.6 Å². The van der Waals surface area contributed by atoms with Crippen molar-refractivity contribution in [3.05, 3.63) is 90.0 Å². The lowest BCUT2D eigenvalue weighted by Gasteiger charge is -2.31. The summed E-state index contributed by atoms with van der Waals surface area (Å²) < 4.78 is 20.8. The molecule has 4 nitrogen and oxygen atoms in total. The number of para-hydroxylation sites is 1. The molecule has 0 fully saturated rings. The van der Waals surface area contributed by atoms with E-state index in [1.165, 1.54) is 0 Å². The maximum absolute atomic E-state index is 14.6. The molecule has 1 N–H and O–H groups in total. The molecule has 3 aromatic rings. The van der Waals surface area contributed by atoms with Crippen molar-refractivity contribution in [3.8, 4) is 0 Å². The van der Waals surface area contributed by atoms with Gasteiger partial charge in [0.1, 0.15) is 5.78 Å². The maximum atomic E-state index is 14.6. The highest BCUT2D eigenvalue weighted by molar-refractivity contribution is 7.67. The molecule has 0 radical (unpaired) electrons. The first kappa shape index (κ1) is 22.1. The van der Waals surface area contributed by atoms with Gasteiger partial charge < -0.3 is 14.7 Å². The molecule has 0 amide bonds. The molecule has 0 spiro atoms. The van der Waals surface area contributed by atoms with Crippen LogP contribution >= 0.6 is 7.37 Å². The van der Waals surface area contributed by atoms with E-state index in [0.717, 1.165) is 22.5 Å². The van der Waals surface area contributed by atoms with Crippen molar-refractivity contribution in [2.45, 2.75) is 32.7 Å². The SMILES string of the molecule is Cc1ccc([C@@H](Nc2ccccc2)[P@](=O)(OC(C)C)c2ccc(N(C)C)cc2)cc1. The van der Waals surface area contributed by atoms with Gasteiger partial charge in [0.15, 0.2) is 0 Å². The van der Waals surface area contributed by atoms with Crippen molar-refractivity contribution in [2.24, 2.45) is 0 Å². The molecule has 0 heterocycles. The lowest BCUT2D eigenvalue weighted by Crippen LogP contribution is -2.22. The molecule has 3 rings (SSSR count). The van der Waals surface area contributed by atoms with Gasteiger partial charge >= 0.3 is 0 Å². The zero-order valence-electron chi connectivity index (χ0n) is 18.4. The lowest BCUT2D eigenvalue weighted by molar-refractivity contribution is 0.245. The summed E-state index contributed by atoms with van der Waals surface area (Å²) in [7, 11) is 0.663. The quantitative estimate of drug-likeness (QED) is 0.439. The molecule has 0 aliphatic rings. The van der Waals surface area contributed by atoms with Gasteiger partial charge in [-0.05, 0) is 62.7 Å². The van der Waals surface area contributed by atoms with Gasteiger partial charge in [0.25, 0.3) is 7.37 Å². The Morgan fingerprint density at radius 1 is 0.867 bits per heavy atom. The van der Waals surface area contributed by atoms with Crippen LogP contribution < -0.4 is 15.5 Å². The van der Waals surface area contributed by atoms with Gasteiger partial charge in [0.05, 0.1) is 6.10 Å². The minimum Gasteiger partial charge on any atom is -0.378 e. The molecule has 0 aromatic heterocycles. The smallest absolute Gasteiger partial charge is 0.258 e. The Morgan fingerprint density at radius 3 is 2.00 bits per heavy atom. The number of nitrogens with zero attached hydrogens (tertiary/aromatic N) is 1. The fraction of sp³-hybridized carbons (Fsp3) is 0.280. The van der Waals surface area contributed by atoms with Crippen LogP contribution in [0, 0.1) is 6.92 Å². The number of hydrogen-bond donors (Lipinski definition) is 1. The van der Waals surface area contributed by atoms with Gasteiger partial charge in [0.2, 0.25) is 0 Å². The van der Waals surface area contributed by atoms with Gasteiger partial charge in [-0.1, -0.05) is 48.0 Å². The highest BCUT2D eigenvalue weighted by atomic mass is 31.2. The molecule has 5 heteroatoms. The second-order valence-electron chi connectivity index (χ2n) is 7.99. The summed E-state index contributed by atoms with van der Waals surface area (Å²) >= 11 is 0. The Bertz CT molecular complexity index is 984. The van der Waals surface area contributed by atoms with Gasteiger partial charge in [-0.2, -0.15) is 0 Å². The number of anilines is 2. The average molecular weight is 423 g/mol. The van der Waals surface area contributed by atoms with E-state index in [0.29, 0.717) is 5.30 Å². The van der Waals surface area contributed by atoms with Crippen LogP contribution in [0.1, 0.15) is 30.8 Å². The molecule has 0 aliphatic carbocycles. The van der Waals surface area contributed by atoms with Crippen molar-refractivity contribution in [2.75, 3.05) is 24.3 Å². The summed E-state index contributed by atoms with van der Waals surface area (Å²) in [6.45, 7) is 5.90. The van der Waals surface area contributed by atoms with Crippen LogP contribution in [0.15, 0.2) is 78.9 Å². The first-order valence-corrected chi connectivity index (χ1v) is 11.9. The van der Waals surface area contributed by atoms with Crippen molar-refractivity contribution < 1.29 is 9.09 Å². The molecular weight excluding hydrogens is 391 g/mol. The third-order valence-electron chi connectivity index (χ3n) is 4.90. The van der Waals surface area contributed by atoms with E-state index in [1.54, 1.807) is 0 Å². The molecule has 0 bridgehead atoms. The van der Waals surface area contributed by atoms with Crippen LogP contribution in [0.4, 0.5) is 11.4 Å². The first-order valence-electron chi connectivity index (χ1n) is 10.2. The molecule has 0 saturated carbocycles. The maximum Gasteiger partial charge on any atom is 0.258 e. The van der Waals surface area contributed by atoms with Gasteiger partial charge in [-0.15, -0.1) is 0 Å². The van der Waals surface area contributed by atoms with E-state index in [-0.39, 0.29) is 6.10 Å². The fourth-order valence-corrected chi connectivity index (χ4v) is 5.96. The molecular formula is C25H31N2O2P. The van der Waals surface area contributed by atoms with Gasteiger partial charge in [-0.3, -0.25) is 4.57 Å². The van der Waals surface area contributed by atoms with Crippen LogP contribution in [-0.4, -0.2) is 20.2 Å². The second-order valence-corrected chi connectivity index (χ2v) is 10.4. The number of benzene rings is 3. The summed E-state index contributed by atoms with van der Waals surface area (Å²) in [5.74, 6) is -0.506. The van der Waals surface area contributed by atoms with Crippen molar-refractivity contribution in [3.63, 3.8) is 0 Å². The lowest BCUT2D eigenvalue weighted by atomic mass is 10.1. The van der Waals surface area contributed by atoms with Crippen molar-refractivity contribution >= 4 is 24.0 Å². The summed E-state index contributed by atoms with van der Waals surface area (Å²) in [5.41, 5.74) is 4.05. The fourth-order valence-electron chi connectivity index (χ4n) is 3.35. The Balaban J connectivity index is 2.12. The van der Waals surface area contributed by atoms with E-state index in [2.05, 4.69) is 5.32 Å². The van der Waals surface area contributed by atoms with Gasteiger partial charge in [0, 0.05) is 30.8 Å². The average Bonchev–Trinajstić information content (AvgIpc) is 2.73. The zero-order chi connectivity index (χ0) is 21.7. The van der Waals surface area contributed by atoms with E-state index in [4.69, 9.17) is 4.52 Å². The van der Waals surface area contributed by atoms with Crippen LogP contribution in [0.25, 0.3) is 0 Å². The molecule has 3 aromatic carbocycles. The molecule has 30 heavy (non-hydrogen) atoms. The molecule has 158 valence electrons. The minimum absolute atomic E-state index is 0.185. The molecule has 2 atom stereocenters. The molecule has 0 aliphatic heterocycles. The number of nitrogens with one attached hydrogen (secondary N) is 1. The highest BCUT2D eigenvalue weighted by Gasteiger charge is 2.38. The summed E-state index contributed by atoms with van der Waals surface area (Å²) in [5, 5.41) is 4.20. The molecule has 0 unspecified atom stereocenters. The monoisotopic (exact) mass is 422 g/mol. The number of aryl methyl sites for hydroxylation is 1. The largest absolute Gasteiger partial charge is 0.378 e. The molecule has 0 saturated heterocycles. The third kappa shape index (κ3) is 5.13. The highest BCUT2D eigenvalue weighted by Crippen LogP contribution is 2.59. The van der Waals surface area contributed by atoms with E-state index < -0.39 is 13.2 Å². The van der Waals surface area contributed by atoms with E-state index in [1.807, 2.05) is 119 Å². The predicted molar refractivity (Wildman–Crippen MR) is 128 cm³/mol. The summed E-state index contributed by atoms with van der Waals surface area (Å²) in [6, 6.07) is 25.8. The Hall–Kier alpha value is -2.55. The Morgan fingerprint density at radius 2 is 1.47 bits per heavy atom. The predicted octanol–water partition coefficient (Wildman–Crippen LogP) is 6.20. The zero-order valence-corrected chi connectivity index (χ0v) is 19.3. The van der Waals surface area contributed by atoms with E-state index >= 15 is 0 Å². The van der Waals surface area contributed by atoms with Crippen LogP contribution in [-0.2, 0) is 9.09 Å². The summed E-state index contributed by atoms with van der Waals surface area (Å²) in [4.78, 5) is 2.03. The second kappa shape index (κ2) is 9.51. The van der Waals surface area contributed by atoms with E-state index in [9.17, 15) is 4.57 Å². The first-order chi connectivity index (χ1) is 14.3. The van der Waals surface area contributed by atoms with Crippen molar-refractivity contribution in [1.29, 1.82) is 0 Å². The standard InChI is InChI=1S/C25H31N2O2P/c1-19(2)29-30(28,24-17-15-23(16-18-24)27(4)5)25(21-13-11-20(3)12-14-21)26-22-9-7-6-8-10-22/h6-19,25-26H,1-5H3/t25-,30+/m0/s1. The van der Waals surface area contributed by atoms with Crippen molar-refractivity contribution in [1.82, 2.24) is 0 Å². The van der Waals surface area contributed by atoms with Crippen LogP contribution in [0.2, 0.25) is 0 Å². The minimum atomic E-state index is -3.32. The summed E-state index contributed by atoms with van der Waals surface area (Å²) in [6.07, 6.45) is -0.185. The van der Waals surface area contributed by atoms with Crippen LogP contribution in [0.5, 0.6) is 0 Å². The normalized spacial score (nSPS) is 14.2. The number of rotatable bonds is 8. The third-order valence-corrected chi connectivity index (χ3v) is 7.76. The van der Waals surface area contributed by atoms with Gasteiger partial charge in [-0.25, -0.2) is 0 Å². The number of hydrogen-bond acceptors (Lipinski definition) is 4. The Labute approximate surface area is 180 Å².